The molecule has 0 unspecified atom stereocenters. The van der Waals surface area contributed by atoms with Gasteiger partial charge in [0.15, 0.2) is 0 Å². The predicted molar refractivity (Wildman–Crippen MR) is 79.7 cm³/mol. The average Bonchev–Trinajstić information content (AvgIpc) is 2.53. The van der Waals surface area contributed by atoms with Crippen molar-refractivity contribution >= 4 is 6.03 Å². The maximum atomic E-state index is 12.9. The number of urea groups is 1. The zero-order valence-electron chi connectivity index (χ0n) is 12.8. The third-order valence-corrected chi connectivity index (χ3v) is 4.70. The Kier molecular flexibility index (Phi) is 5.66. The van der Waals surface area contributed by atoms with E-state index in [4.69, 9.17) is 10.5 Å². The molecule has 0 atom stereocenters. The molecular weight excluding hydrogens is 254 g/mol. The number of morpholine rings is 1. The molecule has 2 rings (SSSR count). The molecule has 2 aliphatic rings. The van der Waals surface area contributed by atoms with E-state index in [-0.39, 0.29) is 11.6 Å². The van der Waals surface area contributed by atoms with Crippen LogP contribution in [0.3, 0.4) is 0 Å². The Morgan fingerprint density at radius 3 is 2.45 bits per heavy atom. The lowest BCUT2D eigenvalue weighted by molar-refractivity contribution is 0.0199. The van der Waals surface area contributed by atoms with E-state index in [2.05, 4.69) is 11.8 Å². The first-order valence-corrected chi connectivity index (χ1v) is 8.08. The largest absolute Gasteiger partial charge is 0.378 e. The zero-order chi connectivity index (χ0) is 14.4. The number of rotatable bonds is 4. The van der Waals surface area contributed by atoms with Crippen molar-refractivity contribution in [2.24, 2.45) is 5.73 Å². The van der Waals surface area contributed by atoms with Gasteiger partial charge in [0.05, 0.1) is 18.8 Å². The summed E-state index contributed by atoms with van der Waals surface area (Å²) in [4.78, 5) is 16.9. The molecule has 1 saturated heterocycles. The van der Waals surface area contributed by atoms with E-state index in [0.29, 0.717) is 32.8 Å². The summed E-state index contributed by atoms with van der Waals surface area (Å²) in [5.41, 5.74) is 5.99. The summed E-state index contributed by atoms with van der Waals surface area (Å²) >= 11 is 0. The maximum Gasteiger partial charge on any atom is 0.320 e. The molecule has 5 heteroatoms. The smallest absolute Gasteiger partial charge is 0.320 e. The van der Waals surface area contributed by atoms with E-state index < -0.39 is 0 Å². The van der Waals surface area contributed by atoms with Gasteiger partial charge >= 0.3 is 6.03 Å². The number of carbonyl (C=O) groups is 1. The van der Waals surface area contributed by atoms with Gasteiger partial charge in [-0.05, 0) is 19.3 Å². The molecule has 2 N–H and O–H groups in total. The van der Waals surface area contributed by atoms with Crippen molar-refractivity contribution in [2.75, 3.05) is 39.4 Å². The van der Waals surface area contributed by atoms with E-state index >= 15 is 0 Å². The summed E-state index contributed by atoms with van der Waals surface area (Å²) in [6.07, 6.45) is 6.74. The molecular formula is C15H29N3O2. The zero-order valence-corrected chi connectivity index (χ0v) is 12.8. The molecule has 0 bridgehead atoms. The standard InChI is InChI=1S/C15H29N3O2/c1-2-8-18(14(19)17-9-11-20-12-10-17)15(13-16)6-4-3-5-7-15/h2-13,16H2,1H3. The highest BCUT2D eigenvalue weighted by atomic mass is 16.5. The monoisotopic (exact) mass is 283 g/mol. The molecule has 1 heterocycles. The maximum absolute atomic E-state index is 12.9. The first-order valence-electron chi connectivity index (χ1n) is 8.08. The van der Waals surface area contributed by atoms with Crippen molar-refractivity contribution < 1.29 is 9.53 Å². The second-order valence-electron chi connectivity index (χ2n) is 6.02. The molecule has 0 radical (unpaired) electrons. The van der Waals surface area contributed by atoms with Crippen LogP contribution in [0.2, 0.25) is 0 Å². The topological polar surface area (TPSA) is 58.8 Å². The Hall–Kier alpha value is -0.810. The Bertz CT molecular complexity index is 310. The molecule has 1 aliphatic heterocycles. The number of hydrogen-bond donors (Lipinski definition) is 1. The fraction of sp³-hybridized carbons (Fsp3) is 0.933. The predicted octanol–water partition coefficient (Wildman–Crippen LogP) is 1.81. The first-order chi connectivity index (χ1) is 9.73. The summed E-state index contributed by atoms with van der Waals surface area (Å²) in [5, 5.41) is 0. The molecule has 116 valence electrons. The number of hydrogen-bond acceptors (Lipinski definition) is 3. The molecule has 2 amide bonds. The van der Waals surface area contributed by atoms with Crippen LogP contribution >= 0.6 is 0 Å². The molecule has 1 aliphatic carbocycles. The van der Waals surface area contributed by atoms with Crippen molar-refractivity contribution in [3.05, 3.63) is 0 Å². The summed E-state index contributed by atoms with van der Waals surface area (Å²) in [5.74, 6) is 0. The van der Waals surface area contributed by atoms with Crippen LogP contribution in [0, 0.1) is 0 Å². The quantitative estimate of drug-likeness (QED) is 0.856. The fourth-order valence-electron chi connectivity index (χ4n) is 3.48. The highest BCUT2D eigenvalue weighted by molar-refractivity contribution is 5.75. The van der Waals surface area contributed by atoms with Crippen molar-refractivity contribution in [3.63, 3.8) is 0 Å². The van der Waals surface area contributed by atoms with E-state index in [1.807, 2.05) is 4.90 Å². The highest BCUT2D eigenvalue weighted by Gasteiger charge is 2.40. The average molecular weight is 283 g/mol. The van der Waals surface area contributed by atoms with Gasteiger partial charge in [0.1, 0.15) is 0 Å². The summed E-state index contributed by atoms with van der Waals surface area (Å²) < 4.78 is 5.35. The second kappa shape index (κ2) is 7.27. The molecule has 5 nitrogen and oxygen atoms in total. The number of nitrogens with two attached hydrogens (primary N) is 1. The third kappa shape index (κ3) is 3.26. The van der Waals surface area contributed by atoms with Crippen molar-refractivity contribution in [2.45, 2.75) is 51.0 Å². The van der Waals surface area contributed by atoms with Crippen LogP contribution in [-0.4, -0.2) is 60.8 Å². The first kappa shape index (κ1) is 15.6. The van der Waals surface area contributed by atoms with Crippen LogP contribution in [-0.2, 0) is 4.74 Å². The van der Waals surface area contributed by atoms with Gasteiger partial charge in [-0.3, -0.25) is 0 Å². The minimum Gasteiger partial charge on any atom is -0.378 e. The van der Waals surface area contributed by atoms with Gasteiger partial charge in [0.2, 0.25) is 0 Å². The molecule has 1 saturated carbocycles. The van der Waals surface area contributed by atoms with E-state index in [1.165, 1.54) is 19.3 Å². The van der Waals surface area contributed by atoms with Crippen LogP contribution in [0.1, 0.15) is 45.4 Å². The SMILES string of the molecule is CCCN(C(=O)N1CCOCC1)C1(CN)CCCCC1. The summed E-state index contributed by atoms with van der Waals surface area (Å²) in [7, 11) is 0. The lowest BCUT2D eigenvalue weighted by Gasteiger charge is -2.48. The van der Waals surface area contributed by atoms with Gasteiger partial charge in [-0.1, -0.05) is 26.2 Å². The molecule has 20 heavy (non-hydrogen) atoms. The third-order valence-electron chi connectivity index (χ3n) is 4.70. The minimum atomic E-state index is -0.107. The Morgan fingerprint density at radius 1 is 1.25 bits per heavy atom. The lowest BCUT2D eigenvalue weighted by Crippen LogP contribution is -2.61. The molecule has 2 fully saturated rings. The van der Waals surface area contributed by atoms with E-state index in [1.54, 1.807) is 0 Å². The van der Waals surface area contributed by atoms with E-state index in [0.717, 1.165) is 25.8 Å². The number of ether oxygens (including phenoxy) is 1. The van der Waals surface area contributed by atoms with Gasteiger partial charge in [-0.2, -0.15) is 0 Å². The Morgan fingerprint density at radius 2 is 1.90 bits per heavy atom. The minimum absolute atomic E-state index is 0.107. The van der Waals surface area contributed by atoms with Crippen molar-refractivity contribution in [1.82, 2.24) is 9.80 Å². The molecule has 0 aromatic carbocycles. The van der Waals surface area contributed by atoms with Crippen LogP contribution in [0.5, 0.6) is 0 Å². The van der Waals surface area contributed by atoms with Crippen LogP contribution in [0.25, 0.3) is 0 Å². The molecule has 0 spiro atoms. The Labute approximate surface area is 122 Å². The molecule has 0 aromatic rings. The van der Waals surface area contributed by atoms with Crippen molar-refractivity contribution in [3.8, 4) is 0 Å². The number of nitrogens with zero attached hydrogens (tertiary/aromatic N) is 2. The number of carbonyl (C=O) groups excluding carboxylic acids is 1. The fourth-order valence-corrected chi connectivity index (χ4v) is 3.48. The molecule has 0 aromatic heterocycles. The van der Waals surface area contributed by atoms with Crippen LogP contribution < -0.4 is 5.73 Å². The lowest BCUT2D eigenvalue weighted by atomic mass is 9.80. The number of amides is 2. The highest BCUT2D eigenvalue weighted by Crippen LogP contribution is 2.34. The van der Waals surface area contributed by atoms with Crippen LogP contribution in [0.15, 0.2) is 0 Å². The van der Waals surface area contributed by atoms with E-state index in [9.17, 15) is 4.79 Å². The van der Waals surface area contributed by atoms with Gasteiger partial charge in [-0.25, -0.2) is 4.79 Å². The Balaban J connectivity index is 2.12. The normalized spacial score (nSPS) is 22.6. The van der Waals surface area contributed by atoms with Gasteiger partial charge in [-0.15, -0.1) is 0 Å². The van der Waals surface area contributed by atoms with Gasteiger partial charge in [0, 0.05) is 26.2 Å². The second-order valence-corrected chi connectivity index (χ2v) is 6.02. The van der Waals surface area contributed by atoms with Crippen molar-refractivity contribution in [1.29, 1.82) is 0 Å². The van der Waals surface area contributed by atoms with Gasteiger partial charge in [0.25, 0.3) is 0 Å². The summed E-state index contributed by atoms with van der Waals surface area (Å²) in [6.45, 7) is 6.26. The van der Waals surface area contributed by atoms with Gasteiger partial charge < -0.3 is 20.3 Å². The van der Waals surface area contributed by atoms with Crippen LogP contribution in [0.4, 0.5) is 4.79 Å². The summed E-state index contributed by atoms with van der Waals surface area (Å²) in [6, 6.07) is 0.169.